The lowest BCUT2D eigenvalue weighted by Gasteiger charge is -2.12. The van der Waals surface area contributed by atoms with E-state index in [1.54, 1.807) is 12.1 Å². The first-order valence-corrected chi connectivity index (χ1v) is 8.57. The second kappa shape index (κ2) is 4.95. The van der Waals surface area contributed by atoms with Crippen molar-refractivity contribution >= 4 is 15.8 Å². The fourth-order valence-electron chi connectivity index (χ4n) is 2.90. The molecular formula is C15H25N3O2S. The molecule has 0 radical (unpaired) electrons. The zero-order valence-corrected chi connectivity index (χ0v) is 14.5. The summed E-state index contributed by atoms with van der Waals surface area (Å²) in [6.45, 7) is 9.96. The summed E-state index contributed by atoms with van der Waals surface area (Å²) in [6, 6.07) is 3.31. The number of pyridine rings is 1. The average Bonchev–Trinajstić information content (AvgIpc) is 2.77. The molecule has 1 heterocycles. The van der Waals surface area contributed by atoms with E-state index in [4.69, 9.17) is 0 Å². The Labute approximate surface area is 127 Å². The van der Waals surface area contributed by atoms with E-state index in [0.717, 1.165) is 6.54 Å². The number of rotatable bonds is 5. The van der Waals surface area contributed by atoms with Gasteiger partial charge in [0.1, 0.15) is 10.7 Å². The van der Waals surface area contributed by atoms with E-state index in [9.17, 15) is 8.42 Å². The quantitative estimate of drug-likeness (QED) is 0.907. The SMILES string of the molecule is CN(C)S(=O)(=O)c1ccc(NCC2C(C)(C)C2(C)C)nc1. The first-order chi connectivity index (χ1) is 9.51. The Bertz CT molecular complexity index is 605. The average molecular weight is 311 g/mol. The highest BCUT2D eigenvalue weighted by Crippen LogP contribution is 2.68. The van der Waals surface area contributed by atoms with Gasteiger partial charge in [-0.2, -0.15) is 0 Å². The van der Waals surface area contributed by atoms with E-state index in [1.165, 1.54) is 24.6 Å². The van der Waals surface area contributed by atoms with Gasteiger partial charge >= 0.3 is 0 Å². The van der Waals surface area contributed by atoms with Crippen molar-refractivity contribution in [2.24, 2.45) is 16.7 Å². The standard InChI is InChI=1S/C15H25N3O2S/c1-14(2)12(15(14,3)4)10-17-13-8-7-11(9-16-13)21(19,20)18(5)6/h7-9,12H,10H2,1-6H3,(H,16,17). The highest BCUT2D eigenvalue weighted by atomic mass is 32.2. The van der Waals surface area contributed by atoms with Crippen molar-refractivity contribution in [3.05, 3.63) is 18.3 Å². The molecule has 0 unspecified atom stereocenters. The van der Waals surface area contributed by atoms with Crippen molar-refractivity contribution in [1.29, 1.82) is 0 Å². The number of nitrogens with zero attached hydrogens (tertiary/aromatic N) is 2. The van der Waals surface area contributed by atoms with Crippen molar-refractivity contribution in [3.63, 3.8) is 0 Å². The van der Waals surface area contributed by atoms with Gasteiger partial charge < -0.3 is 5.32 Å². The van der Waals surface area contributed by atoms with Crippen molar-refractivity contribution in [1.82, 2.24) is 9.29 Å². The number of nitrogens with one attached hydrogen (secondary N) is 1. The van der Waals surface area contributed by atoms with Gasteiger partial charge in [0.25, 0.3) is 0 Å². The minimum absolute atomic E-state index is 0.213. The molecule has 0 saturated heterocycles. The second-order valence-corrected chi connectivity index (χ2v) is 9.20. The van der Waals surface area contributed by atoms with Crippen molar-refractivity contribution < 1.29 is 8.42 Å². The zero-order chi connectivity index (χ0) is 16.1. The second-order valence-electron chi connectivity index (χ2n) is 7.04. The lowest BCUT2D eigenvalue weighted by Crippen LogP contribution is -2.22. The Morgan fingerprint density at radius 2 is 1.76 bits per heavy atom. The summed E-state index contributed by atoms with van der Waals surface area (Å²) in [5, 5.41) is 3.31. The monoisotopic (exact) mass is 311 g/mol. The van der Waals surface area contributed by atoms with Gasteiger partial charge in [0.15, 0.2) is 0 Å². The van der Waals surface area contributed by atoms with Crippen LogP contribution < -0.4 is 5.32 Å². The van der Waals surface area contributed by atoms with Crippen LogP contribution in [-0.2, 0) is 10.0 Å². The van der Waals surface area contributed by atoms with Gasteiger partial charge in [0, 0.05) is 26.8 Å². The van der Waals surface area contributed by atoms with E-state index in [1.807, 2.05) is 0 Å². The molecule has 1 aromatic rings. The first kappa shape index (κ1) is 16.2. The predicted molar refractivity (Wildman–Crippen MR) is 84.7 cm³/mol. The molecule has 21 heavy (non-hydrogen) atoms. The van der Waals surface area contributed by atoms with Crippen LogP contribution in [0, 0.1) is 16.7 Å². The summed E-state index contributed by atoms with van der Waals surface area (Å²) in [5.74, 6) is 1.31. The van der Waals surface area contributed by atoms with Gasteiger partial charge in [-0.05, 0) is 28.9 Å². The number of hydrogen-bond acceptors (Lipinski definition) is 4. The highest BCUT2D eigenvalue weighted by Gasteiger charge is 2.64. The molecule has 0 bridgehead atoms. The maximum atomic E-state index is 12.0. The third kappa shape index (κ3) is 2.66. The van der Waals surface area contributed by atoms with Crippen LogP contribution in [0.15, 0.2) is 23.2 Å². The molecule has 1 fully saturated rings. The molecule has 1 aliphatic carbocycles. The van der Waals surface area contributed by atoms with E-state index < -0.39 is 10.0 Å². The van der Waals surface area contributed by atoms with Gasteiger partial charge in [0.2, 0.25) is 10.0 Å². The normalized spacial score (nSPS) is 20.5. The van der Waals surface area contributed by atoms with Crippen LogP contribution in [0.25, 0.3) is 0 Å². The van der Waals surface area contributed by atoms with Crippen LogP contribution in [0.5, 0.6) is 0 Å². The Morgan fingerprint density at radius 1 is 1.19 bits per heavy atom. The maximum Gasteiger partial charge on any atom is 0.244 e. The van der Waals surface area contributed by atoms with Crippen molar-refractivity contribution in [2.45, 2.75) is 32.6 Å². The summed E-state index contributed by atoms with van der Waals surface area (Å²) >= 11 is 0. The van der Waals surface area contributed by atoms with Crippen molar-refractivity contribution in [3.8, 4) is 0 Å². The van der Waals surface area contributed by atoms with E-state index in [2.05, 4.69) is 38.0 Å². The Kier molecular flexibility index (Phi) is 3.83. The van der Waals surface area contributed by atoms with E-state index in [-0.39, 0.29) is 4.90 Å². The minimum atomic E-state index is -3.41. The molecule has 0 spiro atoms. The summed E-state index contributed by atoms with van der Waals surface area (Å²) in [6.07, 6.45) is 1.40. The summed E-state index contributed by atoms with van der Waals surface area (Å²) in [7, 11) is -0.381. The molecule has 1 aromatic heterocycles. The molecule has 0 atom stereocenters. The minimum Gasteiger partial charge on any atom is -0.370 e. The zero-order valence-electron chi connectivity index (χ0n) is 13.6. The molecule has 0 aliphatic heterocycles. The Hall–Kier alpha value is -1.14. The highest BCUT2D eigenvalue weighted by molar-refractivity contribution is 7.89. The Balaban J connectivity index is 2.02. The lowest BCUT2D eigenvalue weighted by molar-refractivity contribution is 0.457. The molecule has 1 aliphatic rings. The Morgan fingerprint density at radius 3 is 2.14 bits per heavy atom. The molecule has 118 valence electrons. The third-order valence-corrected chi connectivity index (χ3v) is 7.12. The topological polar surface area (TPSA) is 62.3 Å². The molecule has 1 saturated carbocycles. The van der Waals surface area contributed by atoms with Crippen LogP contribution in [-0.4, -0.2) is 38.3 Å². The van der Waals surface area contributed by atoms with Gasteiger partial charge in [-0.3, -0.25) is 0 Å². The van der Waals surface area contributed by atoms with Gasteiger partial charge in [-0.25, -0.2) is 17.7 Å². The van der Waals surface area contributed by atoms with Crippen LogP contribution in [0.2, 0.25) is 0 Å². The van der Waals surface area contributed by atoms with Crippen molar-refractivity contribution in [2.75, 3.05) is 26.0 Å². The molecule has 6 heteroatoms. The molecular weight excluding hydrogens is 286 g/mol. The predicted octanol–water partition coefficient (Wildman–Crippen LogP) is 2.43. The van der Waals surface area contributed by atoms with Gasteiger partial charge in [-0.15, -0.1) is 0 Å². The molecule has 1 N–H and O–H groups in total. The van der Waals surface area contributed by atoms with Gasteiger partial charge in [0.05, 0.1) is 0 Å². The van der Waals surface area contributed by atoms with Gasteiger partial charge in [-0.1, -0.05) is 27.7 Å². The van der Waals surface area contributed by atoms with Crippen LogP contribution in [0.1, 0.15) is 27.7 Å². The van der Waals surface area contributed by atoms with Crippen LogP contribution in [0.4, 0.5) is 5.82 Å². The first-order valence-electron chi connectivity index (χ1n) is 7.13. The molecule has 0 amide bonds. The number of anilines is 1. The smallest absolute Gasteiger partial charge is 0.244 e. The number of hydrogen-bond donors (Lipinski definition) is 1. The molecule has 5 nitrogen and oxygen atoms in total. The third-order valence-electron chi connectivity index (χ3n) is 5.32. The number of aromatic nitrogens is 1. The summed E-state index contributed by atoms with van der Waals surface area (Å²) < 4.78 is 25.1. The summed E-state index contributed by atoms with van der Waals surface area (Å²) in [4.78, 5) is 4.42. The fraction of sp³-hybridized carbons (Fsp3) is 0.667. The van der Waals surface area contributed by atoms with E-state index >= 15 is 0 Å². The fourth-order valence-corrected chi connectivity index (χ4v) is 3.75. The molecule has 0 aromatic carbocycles. The summed E-state index contributed by atoms with van der Waals surface area (Å²) in [5.41, 5.74) is 0.655. The lowest BCUT2D eigenvalue weighted by atomic mass is 10.0. The van der Waals surface area contributed by atoms with Crippen LogP contribution >= 0.6 is 0 Å². The van der Waals surface area contributed by atoms with Crippen LogP contribution in [0.3, 0.4) is 0 Å². The molecule has 2 rings (SSSR count). The number of sulfonamides is 1. The van der Waals surface area contributed by atoms with E-state index in [0.29, 0.717) is 22.6 Å². The largest absolute Gasteiger partial charge is 0.370 e. The maximum absolute atomic E-state index is 12.0.